The summed E-state index contributed by atoms with van der Waals surface area (Å²) in [5.41, 5.74) is 3.43. The molecular formula is C34H29N3O7S2. The maximum absolute atomic E-state index is 14.0. The van der Waals surface area contributed by atoms with Gasteiger partial charge in [0.2, 0.25) is 11.8 Å². The highest BCUT2D eigenvalue weighted by atomic mass is 32.2. The Morgan fingerprint density at radius 1 is 0.978 bits per heavy atom. The SMILES string of the molecule is COc1cc(C2c3sc(=O)[nH]c3SC3C2[C@H]2C[C@@H]3C3C(=O)N(c4ccc([N+](=O)[O-])cc4)C(=O)C32)ccc1OCc1cccc(C)c1. The fraction of sp³-hybridized carbons (Fsp3) is 0.324. The second-order valence-electron chi connectivity index (χ2n) is 12.4. The van der Waals surface area contributed by atoms with Crippen LogP contribution >= 0.6 is 23.1 Å². The molecule has 0 radical (unpaired) electrons. The molecule has 2 aliphatic carbocycles. The maximum atomic E-state index is 14.0. The van der Waals surface area contributed by atoms with E-state index in [1.807, 2.05) is 43.3 Å². The number of amides is 2. The standard InChI is InChI=1S/C34H29N3O7S2/c1-16-4-3-5-17(12-16)15-44-23-11-6-18(13-24(23)43-2)25-26-21-14-22(29(26)45-31-30(25)46-34(40)35-31)28-27(21)32(38)36(33(28)39)19-7-9-20(10-8-19)37(41)42/h3-13,21-22,25-29H,14-15H2,1-2H3,(H,35,40)/t21-,22-,25?,26?,27?,28?,29?/m1/s1. The number of aromatic nitrogens is 1. The summed E-state index contributed by atoms with van der Waals surface area (Å²) in [5, 5.41) is 12.0. The van der Waals surface area contributed by atoms with E-state index < -0.39 is 16.8 Å². The van der Waals surface area contributed by atoms with Crippen molar-refractivity contribution in [3.63, 3.8) is 0 Å². The number of nitro benzene ring substituents is 1. The van der Waals surface area contributed by atoms with Crippen LogP contribution in [0.25, 0.3) is 0 Å². The van der Waals surface area contributed by atoms with E-state index in [0.29, 0.717) is 23.8 Å². The minimum absolute atomic E-state index is 0.0209. The normalized spacial score (nSPS) is 27.3. The number of nitro groups is 1. The van der Waals surface area contributed by atoms with Gasteiger partial charge in [-0.05, 0) is 66.5 Å². The highest BCUT2D eigenvalue weighted by Crippen LogP contribution is 2.68. The predicted molar refractivity (Wildman–Crippen MR) is 173 cm³/mol. The minimum atomic E-state index is -0.505. The number of H-pyrrole nitrogens is 1. The zero-order valence-corrected chi connectivity index (χ0v) is 26.5. The van der Waals surface area contributed by atoms with Crippen molar-refractivity contribution < 1.29 is 24.0 Å². The van der Waals surface area contributed by atoms with E-state index >= 15 is 0 Å². The number of ether oxygens (including phenoxy) is 2. The number of aryl methyl sites for hydroxylation is 1. The van der Waals surface area contributed by atoms with Gasteiger partial charge in [-0.25, -0.2) is 0 Å². The molecule has 8 rings (SSSR count). The average Bonchev–Trinajstić information content (AvgIpc) is 3.78. The van der Waals surface area contributed by atoms with Crippen LogP contribution in [0.3, 0.4) is 0 Å². The molecule has 2 amide bonds. The Bertz CT molecular complexity index is 1970. The lowest BCUT2D eigenvalue weighted by Crippen LogP contribution is -2.42. The number of hydrogen-bond donors (Lipinski definition) is 1. The highest BCUT2D eigenvalue weighted by molar-refractivity contribution is 8.00. The van der Waals surface area contributed by atoms with Crippen LogP contribution < -0.4 is 19.2 Å². The first-order valence-electron chi connectivity index (χ1n) is 15.1. The van der Waals surface area contributed by atoms with Gasteiger partial charge < -0.3 is 14.5 Å². The summed E-state index contributed by atoms with van der Waals surface area (Å²) in [5.74, 6) is -0.480. The van der Waals surface area contributed by atoms with Gasteiger partial charge in [-0.15, -0.1) is 11.8 Å². The van der Waals surface area contributed by atoms with Crippen LogP contribution in [0.5, 0.6) is 11.5 Å². The maximum Gasteiger partial charge on any atom is 0.305 e. The lowest BCUT2D eigenvalue weighted by Gasteiger charge is -2.43. The number of nitrogens with one attached hydrogen (secondary N) is 1. The fourth-order valence-corrected chi connectivity index (χ4v) is 11.2. The van der Waals surface area contributed by atoms with Crippen LogP contribution in [0.4, 0.5) is 11.4 Å². The first-order chi connectivity index (χ1) is 22.2. The summed E-state index contributed by atoms with van der Waals surface area (Å²) < 4.78 is 12.0. The molecule has 4 aliphatic rings. The van der Waals surface area contributed by atoms with Crippen molar-refractivity contribution in [1.29, 1.82) is 0 Å². The summed E-state index contributed by atoms with van der Waals surface area (Å²) in [6.07, 6.45) is 0.758. The fourth-order valence-electron chi connectivity index (χ4n) is 8.33. The van der Waals surface area contributed by atoms with Crippen LogP contribution in [0.1, 0.15) is 33.9 Å². The molecule has 12 heteroatoms. The lowest BCUT2D eigenvalue weighted by atomic mass is 9.68. The molecule has 4 aromatic rings. The van der Waals surface area contributed by atoms with Gasteiger partial charge in [0.25, 0.3) is 5.69 Å². The second kappa shape index (κ2) is 10.8. The highest BCUT2D eigenvalue weighted by Gasteiger charge is 2.69. The van der Waals surface area contributed by atoms with Gasteiger partial charge in [0.1, 0.15) is 6.61 Å². The minimum Gasteiger partial charge on any atom is -0.493 e. The van der Waals surface area contributed by atoms with Gasteiger partial charge in [-0.2, -0.15) is 0 Å². The number of thioether (sulfide) groups is 1. The smallest absolute Gasteiger partial charge is 0.305 e. The van der Waals surface area contributed by atoms with E-state index in [2.05, 4.69) is 11.1 Å². The quantitative estimate of drug-likeness (QED) is 0.148. The molecule has 2 saturated carbocycles. The number of benzene rings is 3. The number of carbonyl (C=O) groups is 2. The Kier molecular flexibility index (Phi) is 6.84. The number of anilines is 1. The molecule has 1 aromatic heterocycles. The van der Waals surface area contributed by atoms with Crippen molar-refractivity contribution in [1.82, 2.24) is 4.98 Å². The van der Waals surface area contributed by atoms with Crippen molar-refractivity contribution in [2.75, 3.05) is 12.0 Å². The summed E-state index contributed by atoms with van der Waals surface area (Å²) in [6, 6.07) is 19.6. The number of rotatable bonds is 7. The number of imide groups is 1. The molecule has 1 saturated heterocycles. The molecule has 0 spiro atoms. The van der Waals surface area contributed by atoms with E-state index in [1.165, 1.54) is 40.5 Å². The van der Waals surface area contributed by atoms with Crippen LogP contribution in [0.2, 0.25) is 0 Å². The number of hydrogen-bond acceptors (Lipinski definition) is 9. The van der Waals surface area contributed by atoms with E-state index in [-0.39, 0.29) is 51.3 Å². The first-order valence-corrected chi connectivity index (χ1v) is 16.8. The van der Waals surface area contributed by atoms with Crippen molar-refractivity contribution in [3.8, 4) is 11.5 Å². The zero-order valence-electron chi connectivity index (χ0n) is 24.9. The van der Waals surface area contributed by atoms with Gasteiger partial charge >= 0.3 is 4.87 Å². The third kappa shape index (κ3) is 4.41. The molecule has 2 aliphatic heterocycles. The Morgan fingerprint density at radius 2 is 1.74 bits per heavy atom. The summed E-state index contributed by atoms with van der Waals surface area (Å²) in [7, 11) is 1.61. The summed E-state index contributed by atoms with van der Waals surface area (Å²) >= 11 is 2.83. The number of carbonyl (C=O) groups excluding carboxylic acids is 2. The molecule has 1 N–H and O–H groups in total. The van der Waals surface area contributed by atoms with Gasteiger partial charge in [0, 0.05) is 28.2 Å². The van der Waals surface area contributed by atoms with Gasteiger partial charge in [0.05, 0.1) is 34.6 Å². The largest absolute Gasteiger partial charge is 0.493 e. The Labute approximate surface area is 271 Å². The third-order valence-electron chi connectivity index (χ3n) is 10.1. The number of fused-ring (bicyclic) bond motifs is 9. The molecule has 234 valence electrons. The van der Waals surface area contributed by atoms with E-state index in [4.69, 9.17) is 9.47 Å². The van der Waals surface area contributed by atoms with Gasteiger partial charge in [-0.3, -0.25) is 29.4 Å². The number of nitrogens with zero attached hydrogens (tertiary/aromatic N) is 2. The van der Waals surface area contributed by atoms with Crippen molar-refractivity contribution >= 4 is 46.3 Å². The van der Waals surface area contributed by atoms with Crippen molar-refractivity contribution in [2.45, 2.75) is 36.1 Å². The third-order valence-corrected chi connectivity index (χ3v) is 12.7. The van der Waals surface area contributed by atoms with Gasteiger partial charge in [0.15, 0.2) is 11.5 Å². The van der Waals surface area contributed by atoms with Crippen LogP contribution in [0.15, 0.2) is 76.6 Å². The lowest BCUT2D eigenvalue weighted by molar-refractivity contribution is -0.384. The summed E-state index contributed by atoms with van der Waals surface area (Å²) in [6.45, 7) is 2.43. The van der Waals surface area contributed by atoms with E-state index in [9.17, 15) is 24.5 Å². The molecular weight excluding hydrogens is 627 g/mol. The summed E-state index contributed by atoms with van der Waals surface area (Å²) in [4.78, 5) is 56.3. The van der Waals surface area contributed by atoms with Crippen LogP contribution in [-0.4, -0.2) is 34.1 Å². The van der Waals surface area contributed by atoms with Crippen LogP contribution in [0, 0.1) is 46.6 Å². The molecule has 7 atom stereocenters. The van der Waals surface area contributed by atoms with E-state index in [1.54, 1.807) is 18.9 Å². The van der Waals surface area contributed by atoms with Crippen molar-refractivity contribution in [2.24, 2.45) is 29.6 Å². The molecule has 10 nitrogen and oxygen atoms in total. The monoisotopic (exact) mass is 655 g/mol. The Morgan fingerprint density at radius 3 is 2.46 bits per heavy atom. The molecule has 3 aromatic carbocycles. The zero-order chi connectivity index (χ0) is 31.9. The predicted octanol–water partition coefficient (Wildman–Crippen LogP) is 5.92. The molecule has 3 fully saturated rings. The van der Waals surface area contributed by atoms with Crippen LogP contribution in [-0.2, 0) is 16.2 Å². The second-order valence-corrected chi connectivity index (χ2v) is 14.6. The first kappa shape index (κ1) is 29.0. The topological polar surface area (TPSA) is 132 Å². The molecule has 2 bridgehead atoms. The average molecular weight is 656 g/mol. The number of aromatic amines is 1. The van der Waals surface area contributed by atoms with Crippen molar-refractivity contribution in [3.05, 3.63) is 108 Å². The number of thiazole rings is 1. The Balaban J connectivity index is 1.13. The molecule has 5 unspecified atom stereocenters. The molecule has 46 heavy (non-hydrogen) atoms. The van der Waals surface area contributed by atoms with Gasteiger partial charge in [-0.1, -0.05) is 47.2 Å². The Hall–Kier alpha value is -4.42. The number of non-ortho nitro benzene ring substituents is 1. The molecule has 3 heterocycles. The van der Waals surface area contributed by atoms with E-state index in [0.717, 1.165) is 33.0 Å². The number of methoxy groups -OCH3 is 1.